The third-order valence-corrected chi connectivity index (χ3v) is 5.72. The molecule has 126 valence electrons. The zero-order valence-corrected chi connectivity index (χ0v) is 14.7. The van der Waals surface area contributed by atoms with E-state index in [1.54, 1.807) is 0 Å². The van der Waals surface area contributed by atoms with E-state index in [-0.39, 0.29) is 5.91 Å². The number of benzene rings is 1. The van der Waals surface area contributed by atoms with Crippen molar-refractivity contribution in [2.45, 2.75) is 45.1 Å². The summed E-state index contributed by atoms with van der Waals surface area (Å²) in [5, 5.41) is 5.73. The molecule has 1 aliphatic heterocycles. The minimum atomic E-state index is 0.0232. The lowest BCUT2D eigenvalue weighted by molar-refractivity contribution is -0.115. The fourth-order valence-corrected chi connectivity index (χ4v) is 4.41. The van der Waals surface area contributed by atoms with Crippen molar-refractivity contribution in [1.82, 2.24) is 9.88 Å². The number of fused-ring (bicyclic) bond motifs is 1. The monoisotopic (exact) mass is 341 g/mol. The van der Waals surface area contributed by atoms with Crippen molar-refractivity contribution in [1.29, 1.82) is 0 Å². The minimum Gasteiger partial charge on any atom is -0.302 e. The van der Waals surface area contributed by atoms with Crippen molar-refractivity contribution in [3.63, 3.8) is 0 Å². The van der Waals surface area contributed by atoms with Crippen LogP contribution in [0.4, 0.5) is 5.13 Å². The summed E-state index contributed by atoms with van der Waals surface area (Å²) in [6.45, 7) is 3.23. The highest BCUT2D eigenvalue weighted by molar-refractivity contribution is 7.13. The number of likely N-dealkylation sites (tertiary alicyclic amines) is 1. The Kier molecular flexibility index (Phi) is 4.63. The van der Waals surface area contributed by atoms with E-state index in [0.717, 1.165) is 42.4 Å². The molecule has 5 heteroatoms. The van der Waals surface area contributed by atoms with E-state index in [0.29, 0.717) is 6.42 Å². The van der Waals surface area contributed by atoms with Crippen molar-refractivity contribution in [3.05, 3.63) is 46.0 Å². The molecule has 1 aliphatic carbocycles. The third kappa shape index (κ3) is 3.68. The molecular formula is C19H23N3OS. The largest absolute Gasteiger partial charge is 0.302 e. The number of thiazole rings is 1. The number of anilines is 1. The van der Waals surface area contributed by atoms with Crippen LogP contribution in [-0.4, -0.2) is 28.9 Å². The van der Waals surface area contributed by atoms with Gasteiger partial charge in [0.1, 0.15) is 0 Å². The lowest BCUT2D eigenvalue weighted by atomic mass is 10.0. The SMILES string of the molecule is O=C(Cc1ccc2c(c1)CCC2)Nc1nc(CN2CCCC2)cs1. The molecule has 0 radical (unpaired) electrons. The Morgan fingerprint density at radius 1 is 1.17 bits per heavy atom. The second-order valence-corrected chi connectivity index (χ2v) is 7.67. The third-order valence-electron chi connectivity index (χ3n) is 4.91. The molecule has 1 aromatic heterocycles. The van der Waals surface area contributed by atoms with E-state index in [4.69, 9.17) is 0 Å². The van der Waals surface area contributed by atoms with Gasteiger partial charge in [-0.25, -0.2) is 4.98 Å². The van der Waals surface area contributed by atoms with E-state index < -0.39 is 0 Å². The summed E-state index contributed by atoms with van der Waals surface area (Å²) in [4.78, 5) is 19.3. The van der Waals surface area contributed by atoms with Crippen LogP contribution in [0.2, 0.25) is 0 Å². The number of hydrogen-bond donors (Lipinski definition) is 1. The molecule has 2 aliphatic rings. The predicted octanol–water partition coefficient (Wildman–Crippen LogP) is 3.41. The molecule has 2 heterocycles. The second kappa shape index (κ2) is 7.03. The Morgan fingerprint density at radius 2 is 2.00 bits per heavy atom. The van der Waals surface area contributed by atoms with E-state index >= 15 is 0 Å². The average Bonchev–Trinajstić information content (AvgIpc) is 3.29. The second-order valence-electron chi connectivity index (χ2n) is 6.81. The molecule has 1 amide bonds. The molecule has 0 saturated carbocycles. The van der Waals surface area contributed by atoms with E-state index in [1.165, 1.54) is 48.1 Å². The van der Waals surface area contributed by atoms with Gasteiger partial charge < -0.3 is 5.32 Å². The van der Waals surface area contributed by atoms with Crippen molar-refractivity contribution in [3.8, 4) is 0 Å². The van der Waals surface area contributed by atoms with E-state index in [2.05, 4.69) is 38.8 Å². The van der Waals surface area contributed by atoms with Crippen LogP contribution in [0.5, 0.6) is 0 Å². The van der Waals surface area contributed by atoms with Gasteiger partial charge in [0.05, 0.1) is 12.1 Å². The Hall–Kier alpha value is -1.72. The number of nitrogens with one attached hydrogen (secondary N) is 1. The van der Waals surface area contributed by atoms with Gasteiger partial charge in [0.2, 0.25) is 5.91 Å². The van der Waals surface area contributed by atoms with Crippen LogP contribution in [0.25, 0.3) is 0 Å². The topological polar surface area (TPSA) is 45.2 Å². The number of carbonyl (C=O) groups is 1. The number of hydrogen-bond acceptors (Lipinski definition) is 4. The van der Waals surface area contributed by atoms with E-state index in [9.17, 15) is 4.79 Å². The molecule has 1 saturated heterocycles. The summed E-state index contributed by atoms with van der Waals surface area (Å²) in [7, 11) is 0. The highest BCUT2D eigenvalue weighted by Crippen LogP contribution is 2.23. The molecule has 0 unspecified atom stereocenters. The summed E-state index contributed by atoms with van der Waals surface area (Å²) < 4.78 is 0. The molecular weight excluding hydrogens is 318 g/mol. The van der Waals surface area contributed by atoms with Crippen LogP contribution >= 0.6 is 11.3 Å². The molecule has 1 fully saturated rings. The molecule has 1 N–H and O–H groups in total. The van der Waals surface area contributed by atoms with Gasteiger partial charge >= 0.3 is 0 Å². The van der Waals surface area contributed by atoms with Gasteiger partial charge in [0.25, 0.3) is 0 Å². The van der Waals surface area contributed by atoms with Crippen molar-refractivity contribution < 1.29 is 4.79 Å². The molecule has 24 heavy (non-hydrogen) atoms. The zero-order valence-electron chi connectivity index (χ0n) is 13.9. The molecule has 4 rings (SSSR count). The van der Waals surface area contributed by atoms with Crippen LogP contribution in [-0.2, 0) is 30.6 Å². The minimum absolute atomic E-state index is 0.0232. The number of nitrogens with zero attached hydrogens (tertiary/aromatic N) is 2. The smallest absolute Gasteiger partial charge is 0.230 e. The normalized spacial score (nSPS) is 17.2. The maximum atomic E-state index is 12.3. The number of aromatic nitrogens is 1. The van der Waals surface area contributed by atoms with Crippen LogP contribution in [0.3, 0.4) is 0 Å². The Balaban J connectivity index is 1.33. The summed E-state index contributed by atoms with van der Waals surface area (Å²) >= 11 is 1.52. The quantitative estimate of drug-likeness (QED) is 0.906. The number of amides is 1. The summed E-state index contributed by atoms with van der Waals surface area (Å²) in [5.41, 5.74) is 5.03. The first-order valence-corrected chi connectivity index (χ1v) is 9.71. The van der Waals surface area contributed by atoms with Crippen LogP contribution in [0, 0.1) is 0 Å². The number of aryl methyl sites for hydroxylation is 2. The first kappa shape index (κ1) is 15.8. The average molecular weight is 341 g/mol. The van der Waals surface area contributed by atoms with Gasteiger partial charge in [-0.05, 0) is 61.9 Å². The Bertz CT molecular complexity index is 734. The van der Waals surface area contributed by atoms with Crippen LogP contribution in [0.1, 0.15) is 41.6 Å². The van der Waals surface area contributed by atoms with Crippen molar-refractivity contribution in [2.24, 2.45) is 0 Å². The maximum Gasteiger partial charge on any atom is 0.230 e. The number of carbonyl (C=O) groups excluding carboxylic acids is 1. The Morgan fingerprint density at radius 3 is 2.88 bits per heavy atom. The fourth-order valence-electron chi connectivity index (χ4n) is 3.69. The highest BCUT2D eigenvalue weighted by Gasteiger charge is 2.15. The molecule has 0 spiro atoms. The molecule has 0 bridgehead atoms. The van der Waals surface area contributed by atoms with Gasteiger partial charge in [0, 0.05) is 11.9 Å². The van der Waals surface area contributed by atoms with Crippen LogP contribution in [0.15, 0.2) is 23.6 Å². The van der Waals surface area contributed by atoms with Gasteiger partial charge in [-0.15, -0.1) is 11.3 Å². The predicted molar refractivity (Wildman–Crippen MR) is 97.4 cm³/mol. The van der Waals surface area contributed by atoms with Crippen molar-refractivity contribution in [2.75, 3.05) is 18.4 Å². The molecule has 1 aromatic carbocycles. The van der Waals surface area contributed by atoms with Gasteiger partial charge in [0.15, 0.2) is 5.13 Å². The molecule has 4 nitrogen and oxygen atoms in total. The van der Waals surface area contributed by atoms with E-state index in [1.807, 2.05) is 0 Å². The van der Waals surface area contributed by atoms with Gasteiger partial charge in [-0.1, -0.05) is 18.2 Å². The fraction of sp³-hybridized carbons (Fsp3) is 0.474. The summed E-state index contributed by atoms with van der Waals surface area (Å²) in [6, 6.07) is 6.47. The van der Waals surface area contributed by atoms with Gasteiger partial charge in [-0.2, -0.15) is 0 Å². The zero-order chi connectivity index (χ0) is 16.4. The standard InChI is InChI=1S/C19H23N3OS/c23-18(11-14-6-7-15-4-3-5-16(15)10-14)21-19-20-17(13-24-19)12-22-8-1-2-9-22/h6-7,10,13H,1-5,8-9,11-12H2,(H,20,21,23). The van der Waals surface area contributed by atoms with Crippen molar-refractivity contribution >= 4 is 22.4 Å². The lowest BCUT2D eigenvalue weighted by Crippen LogP contribution is -2.18. The maximum absolute atomic E-state index is 12.3. The molecule has 0 atom stereocenters. The summed E-state index contributed by atoms with van der Waals surface area (Å²) in [6.07, 6.45) is 6.57. The highest BCUT2D eigenvalue weighted by atomic mass is 32.1. The lowest BCUT2D eigenvalue weighted by Gasteiger charge is -2.11. The molecule has 2 aromatic rings. The summed E-state index contributed by atoms with van der Waals surface area (Å²) in [5.74, 6) is 0.0232. The Labute approximate surface area is 146 Å². The first-order valence-electron chi connectivity index (χ1n) is 8.83. The van der Waals surface area contributed by atoms with Gasteiger partial charge in [-0.3, -0.25) is 9.69 Å². The first-order chi connectivity index (χ1) is 11.8. The number of rotatable bonds is 5. The van der Waals surface area contributed by atoms with Crippen LogP contribution < -0.4 is 5.32 Å².